The molecule has 0 saturated carbocycles. The second kappa shape index (κ2) is 5.85. The van der Waals surface area contributed by atoms with Crippen LogP contribution in [-0.4, -0.2) is 5.97 Å². The van der Waals surface area contributed by atoms with Crippen molar-refractivity contribution in [3.8, 4) is 11.1 Å². The van der Waals surface area contributed by atoms with Gasteiger partial charge in [-0.2, -0.15) is 0 Å². The van der Waals surface area contributed by atoms with Crippen LogP contribution in [0, 0.1) is 0 Å². The summed E-state index contributed by atoms with van der Waals surface area (Å²) in [5, 5.41) is 10.7. The summed E-state index contributed by atoms with van der Waals surface area (Å²) < 4.78 is 0. The molecular weight excluding hydrogens is 211 g/mol. The number of benzene rings is 2. The molecule has 0 amide bonds. The van der Waals surface area contributed by atoms with Crippen LogP contribution in [-0.2, 0) is 0 Å². The maximum absolute atomic E-state index is 10.7. The minimum Gasteiger partial charge on any atom is -0.545 e. The Kier molecular flexibility index (Phi) is 4.74. The summed E-state index contributed by atoms with van der Waals surface area (Å²) in [6.45, 7) is 0. The fraction of sp³-hybridized carbons (Fsp3) is 0. The number of carboxylic acid groups (broad SMARTS) is 1. The molecule has 0 N–H and O–H groups in total. The van der Waals surface area contributed by atoms with Gasteiger partial charge in [-0.25, -0.2) is 0 Å². The van der Waals surface area contributed by atoms with Gasteiger partial charge in [-0.15, -0.1) is 0 Å². The second-order valence-corrected chi connectivity index (χ2v) is 3.23. The van der Waals surface area contributed by atoms with E-state index in [1.165, 1.54) is 6.07 Å². The third kappa shape index (κ3) is 2.95. The van der Waals surface area contributed by atoms with Gasteiger partial charge in [0.25, 0.3) is 0 Å². The molecule has 3 heteroatoms. The van der Waals surface area contributed by atoms with Crippen LogP contribution in [0.5, 0.6) is 0 Å². The Morgan fingerprint density at radius 1 is 0.875 bits per heavy atom. The minimum absolute atomic E-state index is 0. The minimum atomic E-state index is -1.15. The number of aromatic carboxylic acids is 1. The Hall–Kier alpha value is -1.09. The molecule has 0 aliphatic carbocycles. The van der Waals surface area contributed by atoms with Crippen LogP contribution >= 0.6 is 0 Å². The Labute approximate surface area is 116 Å². The van der Waals surface area contributed by atoms with Crippen LogP contribution in [0.25, 0.3) is 11.1 Å². The van der Waals surface area contributed by atoms with E-state index in [-0.39, 0.29) is 35.1 Å². The van der Waals surface area contributed by atoms with Gasteiger partial charge in [-0.3, -0.25) is 0 Å². The van der Waals surface area contributed by atoms with Gasteiger partial charge in [0.2, 0.25) is 0 Å². The zero-order valence-corrected chi connectivity index (χ0v) is 11.0. The normalized spacial score (nSPS) is 9.25. The van der Waals surface area contributed by atoms with Crippen molar-refractivity contribution in [3.63, 3.8) is 0 Å². The van der Waals surface area contributed by atoms with Gasteiger partial charge in [-0.05, 0) is 22.8 Å². The topological polar surface area (TPSA) is 40.1 Å². The van der Waals surface area contributed by atoms with Gasteiger partial charge in [0, 0.05) is 0 Å². The molecule has 16 heavy (non-hydrogen) atoms. The summed E-state index contributed by atoms with van der Waals surface area (Å²) in [6.07, 6.45) is 0. The third-order valence-corrected chi connectivity index (χ3v) is 2.21. The number of carbonyl (C=O) groups is 1. The van der Waals surface area contributed by atoms with Crippen molar-refractivity contribution >= 4 is 5.97 Å². The van der Waals surface area contributed by atoms with Gasteiger partial charge in [0.05, 0.1) is 5.97 Å². The zero-order chi connectivity index (χ0) is 10.7. The van der Waals surface area contributed by atoms with Crippen LogP contribution in [0.3, 0.4) is 0 Å². The van der Waals surface area contributed by atoms with Gasteiger partial charge >= 0.3 is 29.6 Å². The first-order valence-corrected chi connectivity index (χ1v) is 4.64. The number of carboxylic acids is 1. The fourth-order valence-electron chi connectivity index (χ4n) is 1.46. The van der Waals surface area contributed by atoms with Crippen LogP contribution < -0.4 is 34.7 Å². The number of hydrogen-bond acceptors (Lipinski definition) is 2. The average molecular weight is 220 g/mol. The molecule has 2 aromatic rings. The van der Waals surface area contributed by atoms with Gasteiger partial charge in [0.15, 0.2) is 0 Å². The molecule has 0 bridgehead atoms. The van der Waals surface area contributed by atoms with E-state index in [0.717, 1.165) is 11.1 Å². The Balaban J connectivity index is 0.00000128. The summed E-state index contributed by atoms with van der Waals surface area (Å²) in [6, 6.07) is 16.4. The van der Waals surface area contributed by atoms with Crippen molar-refractivity contribution in [2.24, 2.45) is 0 Å². The molecule has 0 saturated heterocycles. The molecule has 0 unspecified atom stereocenters. The number of hydrogen-bond donors (Lipinski definition) is 0. The Morgan fingerprint density at radius 3 is 2.12 bits per heavy atom. The van der Waals surface area contributed by atoms with Crippen LogP contribution in [0.15, 0.2) is 54.6 Å². The summed E-state index contributed by atoms with van der Waals surface area (Å²) in [5.41, 5.74) is 2.09. The number of rotatable bonds is 2. The van der Waals surface area contributed by atoms with E-state index in [0.29, 0.717) is 0 Å². The SMILES string of the molecule is O=C([O-])c1cccc(-c2ccccc2)c1.[Na+]. The summed E-state index contributed by atoms with van der Waals surface area (Å²) in [5.74, 6) is -1.15. The maximum atomic E-state index is 10.7. The molecule has 2 aromatic carbocycles. The smallest absolute Gasteiger partial charge is 0.545 e. The van der Waals surface area contributed by atoms with Crippen molar-refractivity contribution in [2.45, 2.75) is 0 Å². The first-order valence-electron chi connectivity index (χ1n) is 4.64. The van der Waals surface area contributed by atoms with E-state index < -0.39 is 5.97 Å². The van der Waals surface area contributed by atoms with Gasteiger partial charge in [0.1, 0.15) is 0 Å². The predicted octanol–water partition coefficient (Wildman–Crippen LogP) is -1.28. The van der Waals surface area contributed by atoms with E-state index in [9.17, 15) is 9.90 Å². The van der Waals surface area contributed by atoms with Crippen molar-refractivity contribution in [1.82, 2.24) is 0 Å². The van der Waals surface area contributed by atoms with E-state index in [2.05, 4.69) is 0 Å². The van der Waals surface area contributed by atoms with Crippen molar-refractivity contribution in [1.29, 1.82) is 0 Å². The Morgan fingerprint density at radius 2 is 1.50 bits per heavy atom. The standard InChI is InChI=1S/C13H10O2.Na/c14-13(15)12-8-4-7-11(9-12)10-5-2-1-3-6-10;/h1-9H,(H,14,15);/q;+1/p-1. The maximum Gasteiger partial charge on any atom is 1.00 e. The molecule has 0 atom stereocenters. The molecule has 2 nitrogen and oxygen atoms in total. The van der Waals surface area contributed by atoms with Crippen LogP contribution in [0.4, 0.5) is 0 Å². The van der Waals surface area contributed by atoms with E-state index in [1.54, 1.807) is 12.1 Å². The quantitative estimate of drug-likeness (QED) is 0.591. The predicted molar refractivity (Wildman–Crippen MR) is 56.2 cm³/mol. The van der Waals surface area contributed by atoms with E-state index in [1.807, 2.05) is 36.4 Å². The largest absolute Gasteiger partial charge is 1.00 e. The van der Waals surface area contributed by atoms with Crippen LogP contribution in [0.2, 0.25) is 0 Å². The number of carbonyl (C=O) groups excluding carboxylic acids is 1. The molecule has 0 spiro atoms. The molecule has 0 heterocycles. The van der Waals surface area contributed by atoms with Crippen LogP contribution in [0.1, 0.15) is 10.4 Å². The third-order valence-electron chi connectivity index (χ3n) is 2.21. The van der Waals surface area contributed by atoms with Crippen molar-refractivity contribution < 1.29 is 39.5 Å². The Bertz CT molecular complexity index is 480. The summed E-state index contributed by atoms with van der Waals surface area (Å²) in [7, 11) is 0. The second-order valence-electron chi connectivity index (χ2n) is 3.23. The van der Waals surface area contributed by atoms with Gasteiger partial charge < -0.3 is 9.90 Å². The van der Waals surface area contributed by atoms with E-state index >= 15 is 0 Å². The molecule has 0 radical (unpaired) electrons. The molecule has 0 fully saturated rings. The molecule has 2 rings (SSSR count). The van der Waals surface area contributed by atoms with E-state index in [4.69, 9.17) is 0 Å². The molecule has 0 aromatic heterocycles. The fourth-order valence-corrected chi connectivity index (χ4v) is 1.46. The van der Waals surface area contributed by atoms with Crippen molar-refractivity contribution in [2.75, 3.05) is 0 Å². The molecule has 0 aliphatic heterocycles. The monoisotopic (exact) mass is 220 g/mol. The zero-order valence-electron chi connectivity index (χ0n) is 9.01. The van der Waals surface area contributed by atoms with Crippen molar-refractivity contribution in [3.05, 3.63) is 60.2 Å². The molecule has 0 aliphatic rings. The summed E-state index contributed by atoms with van der Waals surface area (Å²) in [4.78, 5) is 10.7. The molecule has 74 valence electrons. The van der Waals surface area contributed by atoms with Gasteiger partial charge in [-0.1, -0.05) is 48.5 Å². The first kappa shape index (κ1) is 13.0. The summed E-state index contributed by atoms with van der Waals surface area (Å²) >= 11 is 0. The average Bonchev–Trinajstić information content (AvgIpc) is 2.30. The first-order chi connectivity index (χ1) is 7.27. The molecular formula is C13H9NaO2.